The first kappa shape index (κ1) is 14.9. The summed E-state index contributed by atoms with van der Waals surface area (Å²) in [5.41, 5.74) is 2.50. The van der Waals surface area contributed by atoms with Crippen LogP contribution in [0.25, 0.3) is 0 Å². The van der Waals surface area contributed by atoms with Crippen LogP contribution in [0.15, 0.2) is 53.0 Å². The summed E-state index contributed by atoms with van der Waals surface area (Å²) in [6, 6.07) is 17.1. The molecule has 0 unspecified atom stereocenters. The molecule has 20 heavy (non-hydrogen) atoms. The van der Waals surface area contributed by atoms with Gasteiger partial charge in [0.2, 0.25) is 0 Å². The van der Waals surface area contributed by atoms with Crippen LogP contribution in [-0.4, -0.2) is 13.2 Å². The Morgan fingerprint density at radius 1 is 1.10 bits per heavy atom. The second-order valence-electron chi connectivity index (χ2n) is 5.05. The van der Waals surface area contributed by atoms with Gasteiger partial charge in [-0.2, -0.15) is 0 Å². The second-order valence-corrected chi connectivity index (χ2v) is 5.97. The maximum atomic E-state index is 5.22. The predicted molar refractivity (Wildman–Crippen MR) is 88.5 cm³/mol. The van der Waals surface area contributed by atoms with Gasteiger partial charge in [0.15, 0.2) is 0 Å². The highest BCUT2D eigenvalue weighted by molar-refractivity contribution is 9.10. The Kier molecular flexibility index (Phi) is 5.07. The lowest BCUT2D eigenvalue weighted by Gasteiger charge is -2.29. The summed E-state index contributed by atoms with van der Waals surface area (Å²) in [6.45, 7) is 5.31. The van der Waals surface area contributed by atoms with E-state index in [-0.39, 0.29) is 0 Å². The Morgan fingerprint density at radius 2 is 1.80 bits per heavy atom. The van der Waals surface area contributed by atoms with Crippen LogP contribution in [0.1, 0.15) is 19.4 Å². The van der Waals surface area contributed by atoms with Crippen molar-refractivity contribution >= 4 is 21.6 Å². The molecule has 2 rings (SSSR count). The van der Waals surface area contributed by atoms with Gasteiger partial charge in [-0.05, 0) is 55.8 Å². The number of benzene rings is 2. The van der Waals surface area contributed by atoms with E-state index in [4.69, 9.17) is 4.74 Å². The fourth-order valence-electron chi connectivity index (χ4n) is 2.18. The van der Waals surface area contributed by atoms with E-state index in [0.29, 0.717) is 6.04 Å². The predicted octanol–water partition coefficient (Wildman–Crippen LogP) is 4.87. The van der Waals surface area contributed by atoms with Gasteiger partial charge in [0.25, 0.3) is 0 Å². The SMILES string of the molecule is COc1ccc(N(Cc2cccc(Br)c2)C(C)C)cc1. The van der Waals surface area contributed by atoms with E-state index >= 15 is 0 Å². The zero-order chi connectivity index (χ0) is 14.5. The lowest BCUT2D eigenvalue weighted by molar-refractivity contribution is 0.415. The van der Waals surface area contributed by atoms with Crippen molar-refractivity contribution in [2.24, 2.45) is 0 Å². The first-order valence-electron chi connectivity index (χ1n) is 6.75. The van der Waals surface area contributed by atoms with E-state index in [9.17, 15) is 0 Å². The van der Waals surface area contributed by atoms with E-state index in [1.807, 2.05) is 12.1 Å². The van der Waals surface area contributed by atoms with Gasteiger partial charge in [-0.3, -0.25) is 0 Å². The zero-order valence-corrected chi connectivity index (χ0v) is 13.7. The Balaban J connectivity index is 2.22. The second kappa shape index (κ2) is 6.80. The summed E-state index contributed by atoms with van der Waals surface area (Å²) >= 11 is 3.53. The number of hydrogen-bond donors (Lipinski definition) is 0. The van der Waals surface area contributed by atoms with Crippen LogP contribution in [0.4, 0.5) is 5.69 Å². The van der Waals surface area contributed by atoms with Crippen molar-refractivity contribution in [3.05, 3.63) is 58.6 Å². The van der Waals surface area contributed by atoms with Crippen molar-refractivity contribution in [3.8, 4) is 5.75 Å². The molecule has 0 amide bonds. The van der Waals surface area contributed by atoms with Crippen molar-refractivity contribution < 1.29 is 4.74 Å². The van der Waals surface area contributed by atoms with Gasteiger partial charge in [0.1, 0.15) is 5.75 Å². The Morgan fingerprint density at radius 3 is 2.35 bits per heavy atom. The van der Waals surface area contributed by atoms with Gasteiger partial charge in [0, 0.05) is 22.7 Å². The molecule has 0 saturated carbocycles. The van der Waals surface area contributed by atoms with Crippen LogP contribution >= 0.6 is 15.9 Å². The van der Waals surface area contributed by atoms with Crippen LogP contribution in [-0.2, 0) is 6.54 Å². The summed E-state index contributed by atoms with van der Waals surface area (Å²) in [5.74, 6) is 0.889. The molecule has 0 aromatic heterocycles. The molecule has 2 aromatic carbocycles. The summed E-state index contributed by atoms with van der Waals surface area (Å²) in [4.78, 5) is 2.38. The molecule has 0 aliphatic heterocycles. The Hall–Kier alpha value is -1.48. The molecule has 0 aliphatic carbocycles. The first-order valence-corrected chi connectivity index (χ1v) is 7.54. The molecule has 0 bridgehead atoms. The van der Waals surface area contributed by atoms with Gasteiger partial charge in [-0.25, -0.2) is 0 Å². The molecule has 0 atom stereocenters. The largest absolute Gasteiger partial charge is 0.497 e. The lowest BCUT2D eigenvalue weighted by atomic mass is 10.1. The molecule has 0 aliphatic rings. The molecule has 0 saturated heterocycles. The zero-order valence-electron chi connectivity index (χ0n) is 12.1. The van der Waals surface area contributed by atoms with Crippen molar-refractivity contribution in [3.63, 3.8) is 0 Å². The van der Waals surface area contributed by atoms with E-state index in [1.54, 1.807) is 7.11 Å². The van der Waals surface area contributed by atoms with E-state index < -0.39 is 0 Å². The Bertz CT molecular complexity index is 551. The number of ether oxygens (including phenoxy) is 1. The minimum atomic E-state index is 0.433. The number of hydrogen-bond acceptors (Lipinski definition) is 2. The monoisotopic (exact) mass is 333 g/mol. The fourth-order valence-corrected chi connectivity index (χ4v) is 2.62. The number of halogens is 1. The van der Waals surface area contributed by atoms with Gasteiger partial charge in [-0.1, -0.05) is 28.1 Å². The summed E-state index contributed by atoms with van der Waals surface area (Å²) in [7, 11) is 1.69. The van der Waals surface area contributed by atoms with Crippen molar-refractivity contribution in [1.29, 1.82) is 0 Å². The van der Waals surface area contributed by atoms with Crippen LogP contribution in [0.3, 0.4) is 0 Å². The van der Waals surface area contributed by atoms with Gasteiger partial charge < -0.3 is 9.64 Å². The van der Waals surface area contributed by atoms with Crippen LogP contribution in [0.5, 0.6) is 5.75 Å². The molecule has 2 aromatic rings. The molecule has 106 valence electrons. The normalized spacial score (nSPS) is 10.7. The maximum Gasteiger partial charge on any atom is 0.119 e. The molecule has 0 radical (unpaired) electrons. The number of nitrogens with zero attached hydrogens (tertiary/aromatic N) is 1. The van der Waals surface area contributed by atoms with E-state index in [0.717, 1.165) is 16.8 Å². The number of rotatable bonds is 5. The standard InChI is InChI=1S/C17H20BrNO/c1-13(2)19(12-14-5-4-6-15(18)11-14)16-7-9-17(20-3)10-8-16/h4-11,13H,12H2,1-3H3. The maximum absolute atomic E-state index is 5.22. The quantitative estimate of drug-likeness (QED) is 0.773. The van der Waals surface area contributed by atoms with Crippen molar-refractivity contribution in [1.82, 2.24) is 0 Å². The molecule has 0 heterocycles. The van der Waals surface area contributed by atoms with E-state index in [2.05, 4.69) is 71.1 Å². The molecular weight excluding hydrogens is 314 g/mol. The van der Waals surface area contributed by atoms with Crippen molar-refractivity contribution in [2.75, 3.05) is 12.0 Å². The third-order valence-corrected chi connectivity index (χ3v) is 3.76. The lowest BCUT2D eigenvalue weighted by Crippen LogP contribution is -2.30. The minimum absolute atomic E-state index is 0.433. The van der Waals surface area contributed by atoms with Gasteiger partial charge >= 0.3 is 0 Å². The van der Waals surface area contributed by atoms with Crippen LogP contribution < -0.4 is 9.64 Å². The van der Waals surface area contributed by atoms with Gasteiger partial charge in [-0.15, -0.1) is 0 Å². The highest BCUT2D eigenvalue weighted by Crippen LogP contribution is 2.24. The highest BCUT2D eigenvalue weighted by atomic mass is 79.9. The van der Waals surface area contributed by atoms with Crippen LogP contribution in [0.2, 0.25) is 0 Å². The smallest absolute Gasteiger partial charge is 0.119 e. The van der Waals surface area contributed by atoms with E-state index in [1.165, 1.54) is 11.3 Å². The molecule has 0 fully saturated rings. The third-order valence-electron chi connectivity index (χ3n) is 3.27. The average molecular weight is 334 g/mol. The summed E-state index contributed by atoms with van der Waals surface area (Å²) in [6.07, 6.45) is 0. The molecule has 0 N–H and O–H groups in total. The molecule has 2 nitrogen and oxygen atoms in total. The Labute approximate surface area is 129 Å². The molecular formula is C17H20BrNO. The number of anilines is 1. The first-order chi connectivity index (χ1) is 9.60. The molecule has 0 spiro atoms. The third kappa shape index (κ3) is 3.76. The van der Waals surface area contributed by atoms with Crippen molar-refractivity contribution in [2.45, 2.75) is 26.4 Å². The topological polar surface area (TPSA) is 12.5 Å². The fraction of sp³-hybridized carbons (Fsp3) is 0.294. The average Bonchev–Trinajstić information content (AvgIpc) is 2.45. The van der Waals surface area contributed by atoms with Crippen LogP contribution in [0, 0.1) is 0 Å². The van der Waals surface area contributed by atoms with Gasteiger partial charge in [0.05, 0.1) is 7.11 Å². The summed E-state index contributed by atoms with van der Waals surface area (Å²) in [5, 5.41) is 0. The highest BCUT2D eigenvalue weighted by Gasteiger charge is 2.11. The molecule has 3 heteroatoms. The summed E-state index contributed by atoms with van der Waals surface area (Å²) < 4.78 is 6.34. The number of methoxy groups -OCH3 is 1. The minimum Gasteiger partial charge on any atom is -0.497 e.